The fraction of sp³-hybridized carbons (Fsp3) is 0.154. The molecule has 0 bridgehead atoms. The van der Waals surface area contributed by atoms with Crippen molar-refractivity contribution in [2.24, 2.45) is 0 Å². The molecule has 0 saturated heterocycles. The molecule has 1 aromatic heterocycles. The van der Waals surface area contributed by atoms with Crippen LogP contribution >= 0.6 is 0 Å². The van der Waals surface area contributed by atoms with E-state index in [2.05, 4.69) is 4.98 Å². The number of pyridine rings is 1. The number of nitrogens with two attached hydrogens (primary N) is 1. The van der Waals surface area contributed by atoms with Crippen LogP contribution in [-0.2, 0) is 0 Å². The van der Waals surface area contributed by atoms with Crippen LogP contribution in [0.1, 0.15) is 11.1 Å². The van der Waals surface area contributed by atoms with Crippen LogP contribution < -0.4 is 10.5 Å². The lowest BCUT2D eigenvalue weighted by Gasteiger charge is -2.10. The number of aryl methyl sites for hydroxylation is 2. The summed E-state index contributed by atoms with van der Waals surface area (Å²) in [6, 6.07) is 3.76. The van der Waals surface area contributed by atoms with E-state index < -0.39 is 10.7 Å². The summed E-state index contributed by atoms with van der Waals surface area (Å²) in [5.41, 5.74) is 6.80. The third-order valence-electron chi connectivity index (χ3n) is 2.83. The highest BCUT2D eigenvalue weighted by Gasteiger charge is 2.18. The topological polar surface area (TPSA) is 91.3 Å². The predicted molar refractivity (Wildman–Crippen MR) is 71.3 cm³/mol. The molecular weight excluding hydrogens is 265 g/mol. The molecule has 1 heterocycles. The van der Waals surface area contributed by atoms with Crippen molar-refractivity contribution in [2.75, 3.05) is 5.73 Å². The van der Waals surface area contributed by atoms with Crippen molar-refractivity contribution in [3.05, 3.63) is 51.5 Å². The Kier molecular flexibility index (Phi) is 3.51. The van der Waals surface area contributed by atoms with Gasteiger partial charge in [-0.2, -0.15) is 0 Å². The summed E-state index contributed by atoms with van der Waals surface area (Å²) in [4.78, 5) is 14.0. The summed E-state index contributed by atoms with van der Waals surface area (Å²) >= 11 is 0. The average Bonchev–Trinajstić information content (AvgIpc) is 2.38. The molecule has 2 N–H and O–H groups in total. The molecule has 0 atom stereocenters. The second-order valence-electron chi connectivity index (χ2n) is 4.27. The molecule has 0 radical (unpaired) electrons. The highest BCUT2D eigenvalue weighted by Crippen LogP contribution is 2.32. The smallest absolute Gasteiger partial charge is 0.275 e. The number of ether oxygens (including phenoxy) is 1. The maximum atomic E-state index is 13.8. The van der Waals surface area contributed by atoms with Gasteiger partial charge in [0, 0.05) is 11.8 Å². The van der Waals surface area contributed by atoms with Gasteiger partial charge in [0.15, 0.2) is 11.6 Å². The van der Waals surface area contributed by atoms with Crippen LogP contribution in [0.2, 0.25) is 0 Å². The fourth-order valence-electron chi connectivity index (χ4n) is 1.65. The number of anilines is 1. The number of nitrogens with zero attached hydrogens (tertiary/aromatic N) is 2. The third-order valence-corrected chi connectivity index (χ3v) is 2.83. The van der Waals surface area contributed by atoms with E-state index in [9.17, 15) is 14.5 Å². The van der Waals surface area contributed by atoms with E-state index in [1.165, 1.54) is 19.2 Å². The second-order valence-corrected chi connectivity index (χ2v) is 4.27. The van der Waals surface area contributed by atoms with E-state index in [0.29, 0.717) is 5.69 Å². The van der Waals surface area contributed by atoms with Crippen LogP contribution in [0.3, 0.4) is 0 Å². The molecule has 0 aliphatic carbocycles. The number of nitro groups is 1. The van der Waals surface area contributed by atoms with Gasteiger partial charge in [-0.25, -0.2) is 9.37 Å². The quantitative estimate of drug-likeness (QED) is 0.687. The zero-order valence-electron chi connectivity index (χ0n) is 10.9. The number of hydrogen-bond acceptors (Lipinski definition) is 5. The molecule has 0 saturated carbocycles. The predicted octanol–water partition coefficient (Wildman–Crippen LogP) is 3.12. The molecule has 0 fully saturated rings. The van der Waals surface area contributed by atoms with Crippen molar-refractivity contribution in [2.45, 2.75) is 13.8 Å². The average molecular weight is 277 g/mol. The molecule has 0 aliphatic heterocycles. The van der Waals surface area contributed by atoms with Crippen molar-refractivity contribution < 1.29 is 14.1 Å². The van der Waals surface area contributed by atoms with Gasteiger partial charge in [0.25, 0.3) is 5.69 Å². The molecule has 7 heteroatoms. The summed E-state index contributed by atoms with van der Waals surface area (Å²) < 4.78 is 19.1. The Morgan fingerprint density at radius 2 is 2.05 bits per heavy atom. The van der Waals surface area contributed by atoms with Gasteiger partial charge in [-0.1, -0.05) is 0 Å². The summed E-state index contributed by atoms with van der Waals surface area (Å²) in [6.45, 7) is 3.26. The molecule has 104 valence electrons. The molecule has 0 aliphatic rings. The minimum absolute atomic E-state index is 0.0668. The molecule has 0 spiro atoms. The molecule has 20 heavy (non-hydrogen) atoms. The largest absolute Gasteiger partial charge is 0.434 e. The first kappa shape index (κ1) is 13.7. The van der Waals surface area contributed by atoms with Gasteiger partial charge >= 0.3 is 0 Å². The van der Waals surface area contributed by atoms with Crippen molar-refractivity contribution >= 4 is 11.4 Å². The molecule has 2 rings (SSSR count). The second kappa shape index (κ2) is 5.12. The van der Waals surface area contributed by atoms with Crippen LogP contribution in [0.4, 0.5) is 15.8 Å². The van der Waals surface area contributed by atoms with Crippen molar-refractivity contribution in [3.8, 4) is 11.6 Å². The summed E-state index contributed by atoms with van der Waals surface area (Å²) in [7, 11) is 0. The van der Waals surface area contributed by atoms with Crippen LogP contribution in [0, 0.1) is 29.8 Å². The fourth-order valence-corrected chi connectivity index (χ4v) is 1.65. The van der Waals surface area contributed by atoms with E-state index in [0.717, 1.165) is 11.6 Å². The van der Waals surface area contributed by atoms with Crippen molar-refractivity contribution in [1.29, 1.82) is 0 Å². The molecule has 2 aromatic rings. The maximum Gasteiger partial charge on any atom is 0.275 e. The van der Waals surface area contributed by atoms with Crippen LogP contribution in [-0.4, -0.2) is 9.91 Å². The van der Waals surface area contributed by atoms with E-state index in [4.69, 9.17) is 10.5 Å². The molecule has 0 unspecified atom stereocenters. The molecule has 6 nitrogen and oxygen atoms in total. The third kappa shape index (κ3) is 2.51. The summed E-state index contributed by atoms with van der Waals surface area (Å²) in [6.07, 6.45) is 1.48. The lowest BCUT2D eigenvalue weighted by molar-refractivity contribution is -0.385. The number of benzene rings is 1. The first-order chi connectivity index (χ1) is 9.40. The van der Waals surface area contributed by atoms with E-state index >= 15 is 0 Å². The zero-order chi connectivity index (χ0) is 14.9. The standard InChI is InChI=1S/C13H12FN3O3/c1-7-3-4-16-13(12(7)15)20-11-5-8(2)10(17(18)19)6-9(11)14/h3-6H,15H2,1-2H3. The van der Waals surface area contributed by atoms with Gasteiger partial charge in [0.05, 0.1) is 16.7 Å². The Morgan fingerprint density at radius 3 is 2.70 bits per heavy atom. The summed E-state index contributed by atoms with van der Waals surface area (Å²) in [5.74, 6) is -0.931. The number of rotatable bonds is 3. The lowest BCUT2D eigenvalue weighted by atomic mass is 10.2. The SMILES string of the molecule is Cc1cc(Oc2nccc(C)c2N)c(F)cc1[N+](=O)[O-]. The van der Waals surface area contributed by atoms with Crippen molar-refractivity contribution in [3.63, 3.8) is 0 Å². The maximum absolute atomic E-state index is 13.8. The minimum Gasteiger partial charge on any atom is -0.434 e. The number of halogens is 1. The highest BCUT2D eigenvalue weighted by atomic mass is 19.1. The Labute approximate surface area is 114 Å². The van der Waals surface area contributed by atoms with Gasteiger partial charge in [0.2, 0.25) is 5.88 Å². The molecule has 1 aromatic carbocycles. The minimum atomic E-state index is -0.843. The van der Waals surface area contributed by atoms with E-state index in [1.54, 1.807) is 13.0 Å². The number of aromatic nitrogens is 1. The summed E-state index contributed by atoms with van der Waals surface area (Å²) in [5, 5.41) is 10.7. The van der Waals surface area contributed by atoms with Gasteiger partial charge in [0.1, 0.15) is 0 Å². The Morgan fingerprint density at radius 1 is 1.35 bits per heavy atom. The van der Waals surface area contributed by atoms with Gasteiger partial charge in [-0.05, 0) is 31.5 Å². The van der Waals surface area contributed by atoms with Crippen LogP contribution in [0.5, 0.6) is 11.6 Å². The Bertz CT molecular complexity index is 689. The molecular formula is C13H12FN3O3. The number of nitrogen functional groups attached to an aromatic ring is 1. The Hall–Kier alpha value is -2.70. The first-order valence-electron chi connectivity index (χ1n) is 5.73. The van der Waals surface area contributed by atoms with Gasteiger partial charge in [-0.15, -0.1) is 0 Å². The highest BCUT2D eigenvalue weighted by molar-refractivity contribution is 5.56. The first-order valence-corrected chi connectivity index (χ1v) is 5.73. The number of nitro benzene ring substituents is 1. The Balaban J connectivity index is 2.42. The molecule has 0 amide bonds. The number of hydrogen-bond donors (Lipinski definition) is 1. The zero-order valence-corrected chi connectivity index (χ0v) is 10.9. The normalized spacial score (nSPS) is 10.3. The monoisotopic (exact) mass is 277 g/mol. The van der Waals surface area contributed by atoms with E-state index in [-0.39, 0.29) is 22.9 Å². The van der Waals surface area contributed by atoms with Crippen molar-refractivity contribution in [1.82, 2.24) is 4.98 Å². The lowest BCUT2D eigenvalue weighted by Crippen LogP contribution is -2.00. The van der Waals surface area contributed by atoms with Crippen LogP contribution in [0.15, 0.2) is 24.4 Å². The van der Waals surface area contributed by atoms with Gasteiger partial charge < -0.3 is 10.5 Å². The van der Waals surface area contributed by atoms with Gasteiger partial charge in [-0.3, -0.25) is 10.1 Å². The van der Waals surface area contributed by atoms with Crippen LogP contribution in [0.25, 0.3) is 0 Å². The van der Waals surface area contributed by atoms with E-state index in [1.807, 2.05) is 0 Å².